The van der Waals surface area contributed by atoms with Crippen LogP contribution in [-0.4, -0.2) is 26.6 Å². The van der Waals surface area contributed by atoms with E-state index in [9.17, 15) is 0 Å². The molecule has 5 nitrogen and oxygen atoms in total. The first-order valence-corrected chi connectivity index (χ1v) is 3.82. The Bertz CT molecular complexity index is 424. The van der Waals surface area contributed by atoms with Crippen molar-refractivity contribution in [2.45, 2.75) is 6.61 Å². The van der Waals surface area contributed by atoms with E-state index in [1.165, 1.54) is 0 Å². The normalized spacial score (nSPS) is 10.6. The lowest BCUT2D eigenvalue weighted by atomic mass is 10.5. The highest BCUT2D eigenvalue weighted by Gasteiger charge is 2.04. The van der Waals surface area contributed by atoms with Crippen molar-refractivity contribution in [2.24, 2.45) is 0 Å². The average Bonchev–Trinajstić information content (AvgIpc) is 2.59. The minimum atomic E-state index is -0.0785. The lowest BCUT2D eigenvalue weighted by Crippen LogP contribution is -1.93. The molecule has 0 aliphatic carbocycles. The first-order chi connectivity index (χ1) is 6.35. The van der Waals surface area contributed by atoms with Gasteiger partial charge in [0.05, 0.1) is 31.8 Å². The number of aliphatic hydroxyl groups excluding tert-OH is 1. The monoisotopic (exact) mass is 179 g/mol. The van der Waals surface area contributed by atoms with Crippen LogP contribution in [0.3, 0.4) is 0 Å². The van der Waals surface area contributed by atoms with E-state index in [0.717, 1.165) is 0 Å². The number of hydrogen-bond acceptors (Lipinski definition) is 4. The number of methoxy groups -OCH3 is 1. The number of hydrogen-bond donors (Lipinski definition) is 1. The molecule has 0 spiro atoms. The summed E-state index contributed by atoms with van der Waals surface area (Å²) in [6.45, 7) is -0.0785. The van der Waals surface area contributed by atoms with E-state index in [0.29, 0.717) is 17.2 Å². The van der Waals surface area contributed by atoms with E-state index >= 15 is 0 Å². The van der Waals surface area contributed by atoms with Gasteiger partial charge in [-0.3, -0.25) is 9.38 Å². The predicted octanol–water partition coefficient (Wildman–Crippen LogP) is 0.230. The first kappa shape index (κ1) is 8.00. The van der Waals surface area contributed by atoms with E-state index in [2.05, 4.69) is 9.97 Å². The number of ether oxygens (including phenoxy) is 1. The molecule has 13 heavy (non-hydrogen) atoms. The number of imidazole rings is 1. The molecular weight excluding hydrogens is 170 g/mol. The van der Waals surface area contributed by atoms with Crippen LogP contribution >= 0.6 is 0 Å². The van der Waals surface area contributed by atoms with Gasteiger partial charge in [-0.25, -0.2) is 4.98 Å². The lowest BCUT2D eigenvalue weighted by molar-refractivity contribution is 0.277. The molecule has 0 saturated carbocycles. The maximum absolute atomic E-state index is 8.87. The van der Waals surface area contributed by atoms with Crippen molar-refractivity contribution in [3.05, 3.63) is 24.3 Å². The summed E-state index contributed by atoms with van der Waals surface area (Å²) < 4.78 is 6.80. The third-order valence-corrected chi connectivity index (χ3v) is 1.77. The zero-order valence-electron chi connectivity index (χ0n) is 7.14. The lowest BCUT2D eigenvalue weighted by Gasteiger charge is -2.00. The third-order valence-electron chi connectivity index (χ3n) is 1.77. The Labute approximate surface area is 74.6 Å². The zero-order valence-corrected chi connectivity index (χ0v) is 7.14. The Morgan fingerprint density at radius 3 is 3.08 bits per heavy atom. The maximum atomic E-state index is 8.87. The molecule has 5 heteroatoms. The molecule has 0 bridgehead atoms. The second kappa shape index (κ2) is 3.02. The van der Waals surface area contributed by atoms with Crippen LogP contribution in [0.2, 0.25) is 0 Å². The van der Waals surface area contributed by atoms with Crippen LogP contribution in [0.25, 0.3) is 5.65 Å². The Balaban J connectivity index is 2.67. The summed E-state index contributed by atoms with van der Waals surface area (Å²) in [6.07, 6.45) is 4.92. The topological polar surface area (TPSA) is 59.7 Å². The summed E-state index contributed by atoms with van der Waals surface area (Å²) in [6, 6.07) is 0. The zero-order chi connectivity index (χ0) is 9.26. The van der Waals surface area contributed by atoms with Gasteiger partial charge in [0.2, 0.25) is 5.88 Å². The van der Waals surface area contributed by atoms with Crippen LogP contribution in [0.4, 0.5) is 0 Å². The van der Waals surface area contributed by atoms with E-state index in [1.807, 2.05) is 0 Å². The molecule has 2 aromatic rings. The van der Waals surface area contributed by atoms with Gasteiger partial charge in [-0.2, -0.15) is 0 Å². The molecule has 68 valence electrons. The average molecular weight is 179 g/mol. The van der Waals surface area contributed by atoms with E-state index < -0.39 is 0 Å². The number of nitrogens with zero attached hydrogens (tertiary/aromatic N) is 3. The molecule has 0 aromatic carbocycles. The van der Waals surface area contributed by atoms with Gasteiger partial charge in [-0.05, 0) is 0 Å². The van der Waals surface area contributed by atoms with Gasteiger partial charge in [-0.1, -0.05) is 0 Å². The Kier molecular flexibility index (Phi) is 1.86. The van der Waals surface area contributed by atoms with E-state index in [4.69, 9.17) is 9.84 Å². The third kappa shape index (κ3) is 1.23. The fourth-order valence-electron chi connectivity index (χ4n) is 1.17. The number of aliphatic hydroxyl groups is 1. The molecule has 2 heterocycles. The summed E-state index contributed by atoms with van der Waals surface area (Å²) in [5.74, 6) is 0.602. The molecule has 0 aliphatic heterocycles. The Morgan fingerprint density at radius 2 is 2.38 bits per heavy atom. The quantitative estimate of drug-likeness (QED) is 0.716. The molecule has 0 aliphatic rings. The molecular formula is C8H9N3O2. The fourth-order valence-corrected chi connectivity index (χ4v) is 1.17. The summed E-state index contributed by atoms with van der Waals surface area (Å²) in [5, 5.41) is 8.87. The molecule has 2 aromatic heterocycles. The standard InChI is InChI=1S/C8H9N3O2/c1-13-8-3-9-2-7-10-6(5-12)4-11(7)8/h2-4,12H,5H2,1H3. The fraction of sp³-hybridized carbons (Fsp3) is 0.250. The molecule has 0 unspecified atom stereocenters. The first-order valence-electron chi connectivity index (χ1n) is 3.82. The van der Waals surface area contributed by atoms with Gasteiger partial charge >= 0.3 is 0 Å². The SMILES string of the molecule is COc1cncc2nc(CO)cn12. The van der Waals surface area contributed by atoms with Gasteiger partial charge in [0.1, 0.15) is 0 Å². The molecule has 2 rings (SSSR count). The Morgan fingerprint density at radius 1 is 1.54 bits per heavy atom. The molecule has 0 atom stereocenters. The predicted molar refractivity (Wildman–Crippen MR) is 45.5 cm³/mol. The highest BCUT2D eigenvalue weighted by Crippen LogP contribution is 2.12. The van der Waals surface area contributed by atoms with Crippen molar-refractivity contribution in [1.82, 2.24) is 14.4 Å². The maximum Gasteiger partial charge on any atom is 0.218 e. The summed E-state index contributed by atoms with van der Waals surface area (Å²) >= 11 is 0. The molecule has 0 saturated heterocycles. The van der Waals surface area contributed by atoms with Crippen molar-refractivity contribution in [1.29, 1.82) is 0 Å². The number of fused-ring (bicyclic) bond motifs is 1. The summed E-state index contributed by atoms with van der Waals surface area (Å²) in [7, 11) is 1.56. The minimum Gasteiger partial charge on any atom is -0.481 e. The largest absolute Gasteiger partial charge is 0.481 e. The van der Waals surface area contributed by atoms with Crippen LogP contribution in [0.1, 0.15) is 5.69 Å². The number of rotatable bonds is 2. The van der Waals surface area contributed by atoms with Crippen LogP contribution < -0.4 is 4.74 Å². The molecule has 0 amide bonds. The number of aromatic nitrogens is 3. The van der Waals surface area contributed by atoms with Crippen LogP contribution in [0.5, 0.6) is 5.88 Å². The van der Waals surface area contributed by atoms with Crippen molar-refractivity contribution < 1.29 is 9.84 Å². The van der Waals surface area contributed by atoms with Gasteiger partial charge in [-0.15, -0.1) is 0 Å². The highest BCUT2D eigenvalue weighted by atomic mass is 16.5. The second-order valence-electron chi connectivity index (χ2n) is 2.57. The van der Waals surface area contributed by atoms with Gasteiger partial charge in [0.25, 0.3) is 0 Å². The van der Waals surface area contributed by atoms with E-state index in [-0.39, 0.29) is 6.61 Å². The molecule has 1 N–H and O–H groups in total. The van der Waals surface area contributed by atoms with Crippen molar-refractivity contribution >= 4 is 5.65 Å². The van der Waals surface area contributed by atoms with Gasteiger partial charge in [0.15, 0.2) is 5.65 Å². The smallest absolute Gasteiger partial charge is 0.218 e. The summed E-state index contributed by atoms with van der Waals surface area (Å²) in [4.78, 5) is 8.05. The van der Waals surface area contributed by atoms with Crippen molar-refractivity contribution in [3.8, 4) is 5.88 Å². The minimum absolute atomic E-state index is 0.0785. The van der Waals surface area contributed by atoms with Crippen LogP contribution in [0.15, 0.2) is 18.6 Å². The Hall–Kier alpha value is -1.62. The highest BCUT2D eigenvalue weighted by molar-refractivity contribution is 5.40. The van der Waals surface area contributed by atoms with Gasteiger partial charge in [0, 0.05) is 6.20 Å². The van der Waals surface area contributed by atoms with Gasteiger partial charge < -0.3 is 9.84 Å². The second-order valence-corrected chi connectivity index (χ2v) is 2.57. The van der Waals surface area contributed by atoms with Crippen molar-refractivity contribution in [2.75, 3.05) is 7.11 Å². The molecule has 0 fully saturated rings. The van der Waals surface area contributed by atoms with Crippen molar-refractivity contribution in [3.63, 3.8) is 0 Å². The molecule has 0 radical (unpaired) electrons. The van der Waals surface area contributed by atoms with E-state index in [1.54, 1.807) is 30.1 Å². The summed E-state index contributed by atoms with van der Waals surface area (Å²) in [5.41, 5.74) is 1.27. The van der Waals surface area contributed by atoms with Crippen LogP contribution in [-0.2, 0) is 6.61 Å². The van der Waals surface area contributed by atoms with Crippen LogP contribution in [0, 0.1) is 0 Å².